The zero-order valence-electron chi connectivity index (χ0n) is 49.8. The predicted molar refractivity (Wildman–Crippen MR) is 343 cm³/mol. The number of allylic oxidation sites excluding steroid dienone is 34. The number of unbranched alkanes of at least 4 members (excludes halogenated alkanes) is 7. The molecule has 0 saturated heterocycles. The van der Waals surface area contributed by atoms with Crippen LogP contribution in [0.4, 0.5) is 0 Å². The molecular formula is C73H108O6. The van der Waals surface area contributed by atoms with Crippen LogP contribution < -0.4 is 0 Å². The van der Waals surface area contributed by atoms with Crippen LogP contribution in [0.3, 0.4) is 0 Å². The van der Waals surface area contributed by atoms with Crippen molar-refractivity contribution in [3.63, 3.8) is 0 Å². The van der Waals surface area contributed by atoms with Gasteiger partial charge in [0.1, 0.15) is 13.2 Å². The van der Waals surface area contributed by atoms with Crippen molar-refractivity contribution in [1.82, 2.24) is 0 Å². The molecule has 6 heteroatoms. The third-order valence-electron chi connectivity index (χ3n) is 11.8. The molecule has 0 heterocycles. The van der Waals surface area contributed by atoms with Crippen LogP contribution in [0, 0.1) is 0 Å². The van der Waals surface area contributed by atoms with Gasteiger partial charge in [-0.1, -0.05) is 240 Å². The molecule has 0 aromatic rings. The van der Waals surface area contributed by atoms with E-state index >= 15 is 0 Å². The first-order chi connectivity index (χ1) is 39.0. The molecule has 0 amide bonds. The summed E-state index contributed by atoms with van der Waals surface area (Å²) in [7, 11) is 0. The van der Waals surface area contributed by atoms with Gasteiger partial charge in [0.05, 0.1) is 0 Å². The molecule has 0 aliphatic heterocycles. The van der Waals surface area contributed by atoms with E-state index in [1.54, 1.807) is 0 Å². The molecule has 0 aliphatic carbocycles. The molecule has 1 atom stereocenters. The van der Waals surface area contributed by atoms with Crippen molar-refractivity contribution in [2.45, 2.75) is 219 Å². The summed E-state index contributed by atoms with van der Waals surface area (Å²) < 4.78 is 16.8. The van der Waals surface area contributed by atoms with Crippen LogP contribution in [0.5, 0.6) is 0 Å². The summed E-state index contributed by atoms with van der Waals surface area (Å²) in [6.07, 6.45) is 99.7. The number of rotatable bonds is 52. The molecule has 0 aliphatic rings. The Labute approximate surface area is 483 Å². The molecule has 0 N–H and O–H groups in total. The predicted octanol–water partition coefficient (Wildman–Crippen LogP) is 21.2. The number of carbonyl (C=O) groups is 3. The Morgan fingerprint density at radius 1 is 0.253 bits per heavy atom. The second-order valence-electron chi connectivity index (χ2n) is 19.1. The lowest BCUT2D eigenvalue weighted by molar-refractivity contribution is -0.167. The van der Waals surface area contributed by atoms with E-state index < -0.39 is 6.10 Å². The third kappa shape index (κ3) is 62.7. The lowest BCUT2D eigenvalue weighted by Crippen LogP contribution is -2.30. The minimum absolute atomic E-state index is 0.139. The first-order valence-electron chi connectivity index (χ1n) is 30.6. The van der Waals surface area contributed by atoms with Gasteiger partial charge in [0.15, 0.2) is 6.10 Å². The summed E-state index contributed by atoms with van der Waals surface area (Å²) in [6, 6.07) is 0. The largest absolute Gasteiger partial charge is 0.462 e. The highest BCUT2D eigenvalue weighted by atomic mass is 16.6. The normalized spacial score (nSPS) is 13.6. The van der Waals surface area contributed by atoms with Gasteiger partial charge in [-0.05, 0) is 161 Å². The van der Waals surface area contributed by atoms with Crippen molar-refractivity contribution in [3.05, 3.63) is 207 Å². The van der Waals surface area contributed by atoms with Gasteiger partial charge in [-0.2, -0.15) is 0 Å². The van der Waals surface area contributed by atoms with E-state index in [4.69, 9.17) is 14.2 Å². The van der Waals surface area contributed by atoms with E-state index in [1.807, 2.05) is 0 Å². The second-order valence-corrected chi connectivity index (χ2v) is 19.1. The maximum absolute atomic E-state index is 12.9. The van der Waals surface area contributed by atoms with Gasteiger partial charge in [-0.15, -0.1) is 0 Å². The molecule has 0 spiro atoms. The summed E-state index contributed by atoms with van der Waals surface area (Å²) >= 11 is 0. The van der Waals surface area contributed by atoms with Gasteiger partial charge in [-0.25, -0.2) is 0 Å². The molecule has 6 nitrogen and oxygen atoms in total. The fraction of sp³-hybridized carbons (Fsp3) is 0.493. The van der Waals surface area contributed by atoms with E-state index in [0.29, 0.717) is 19.3 Å². The fourth-order valence-electron chi connectivity index (χ4n) is 7.31. The molecule has 436 valence electrons. The zero-order valence-corrected chi connectivity index (χ0v) is 49.8. The highest BCUT2D eigenvalue weighted by molar-refractivity contribution is 5.71. The van der Waals surface area contributed by atoms with Crippen molar-refractivity contribution in [2.24, 2.45) is 0 Å². The number of ether oxygens (including phenoxy) is 3. The average molecular weight is 1080 g/mol. The summed E-state index contributed by atoms with van der Waals surface area (Å²) in [5.74, 6) is -1.08. The third-order valence-corrected chi connectivity index (χ3v) is 11.8. The highest BCUT2D eigenvalue weighted by Crippen LogP contribution is 2.11. The van der Waals surface area contributed by atoms with Crippen LogP contribution >= 0.6 is 0 Å². The summed E-state index contributed by atoms with van der Waals surface area (Å²) in [5.41, 5.74) is 0. The van der Waals surface area contributed by atoms with Crippen LogP contribution in [0.25, 0.3) is 0 Å². The van der Waals surface area contributed by atoms with Crippen LogP contribution in [0.1, 0.15) is 213 Å². The summed E-state index contributed by atoms with van der Waals surface area (Å²) in [6.45, 7) is 6.17. The van der Waals surface area contributed by atoms with Crippen LogP contribution in [-0.2, 0) is 28.6 Å². The topological polar surface area (TPSA) is 78.9 Å². The molecular weight excluding hydrogens is 973 g/mol. The Morgan fingerprint density at radius 2 is 0.468 bits per heavy atom. The second kappa shape index (κ2) is 64.5. The van der Waals surface area contributed by atoms with E-state index in [1.165, 1.54) is 0 Å². The Bertz CT molecular complexity index is 1960. The Balaban J connectivity index is 4.66. The quantitative estimate of drug-likeness (QED) is 0.0261. The van der Waals surface area contributed by atoms with Crippen molar-refractivity contribution >= 4 is 17.9 Å². The van der Waals surface area contributed by atoms with Gasteiger partial charge in [0.25, 0.3) is 0 Å². The molecule has 0 aromatic heterocycles. The number of hydrogen-bond donors (Lipinski definition) is 0. The Morgan fingerprint density at radius 3 is 0.772 bits per heavy atom. The van der Waals surface area contributed by atoms with Crippen LogP contribution in [0.2, 0.25) is 0 Å². The average Bonchev–Trinajstić information content (AvgIpc) is 3.45. The Hall–Kier alpha value is -6.01. The van der Waals surface area contributed by atoms with Crippen molar-refractivity contribution in [3.8, 4) is 0 Å². The first kappa shape index (κ1) is 73.0. The molecule has 0 bridgehead atoms. The molecule has 0 fully saturated rings. The van der Waals surface area contributed by atoms with E-state index in [2.05, 4.69) is 227 Å². The maximum atomic E-state index is 12.9. The number of esters is 3. The number of carbonyl (C=O) groups excluding carboxylic acids is 3. The molecule has 79 heavy (non-hydrogen) atoms. The van der Waals surface area contributed by atoms with Gasteiger partial charge in [0.2, 0.25) is 0 Å². The van der Waals surface area contributed by atoms with Gasteiger partial charge in [0, 0.05) is 19.3 Å². The monoisotopic (exact) mass is 1080 g/mol. The van der Waals surface area contributed by atoms with Crippen LogP contribution in [-0.4, -0.2) is 37.2 Å². The van der Waals surface area contributed by atoms with Gasteiger partial charge < -0.3 is 14.2 Å². The van der Waals surface area contributed by atoms with E-state index in [-0.39, 0.29) is 44.0 Å². The lowest BCUT2D eigenvalue weighted by Gasteiger charge is -2.18. The minimum Gasteiger partial charge on any atom is -0.462 e. The molecule has 0 rings (SSSR count). The minimum atomic E-state index is -0.851. The molecule has 0 saturated carbocycles. The standard InChI is InChI=1S/C73H108O6/c1-4-7-10-13-16-19-22-25-28-31-33-35-36-38-39-42-45-48-51-54-57-60-63-66-72(75)78-69-70(68-77-71(74)65-62-59-56-53-50-47-44-41-30-27-24-21-18-15-12-9-6-3)79-73(76)67-64-61-58-55-52-49-46-43-40-37-34-32-29-26-23-20-17-14-11-8-5-2/h7-12,16-21,25-30,33-35,37-39,43-48,52,54-55,57,70H,4-6,13-15,22-24,31-32,36,40-42,49-51,53,56,58-69H2,1-3H3/b10-7-,11-8-,12-9-,19-16-,20-17-,21-18-,28-25-,29-26-,30-27-,35-33-,37-34-,39-38-,46-43-,47-44-,48-45-,55-52-,57-54-. The Kier molecular flexibility index (Phi) is 59.6. The molecule has 1 unspecified atom stereocenters. The highest BCUT2D eigenvalue weighted by Gasteiger charge is 2.19. The SMILES string of the molecule is CC/C=C\C/C=C\C/C=C\C/C=C\C/C=C\C/C=C\C/C=C\CCCC(=O)OCC(COC(=O)CCCCCC/C=C\C/C=C\C/C=C\C/C=C\CC)OC(=O)CCCC/C=C\C/C=C\C/C=C\C/C=C\C/C=C\C/C=C\CC. The van der Waals surface area contributed by atoms with Gasteiger partial charge >= 0.3 is 17.9 Å². The van der Waals surface area contributed by atoms with Crippen molar-refractivity contribution in [2.75, 3.05) is 13.2 Å². The van der Waals surface area contributed by atoms with Gasteiger partial charge in [-0.3, -0.25) is 14.4 Å². The summed E-state index contributed by atoms with van der Waals surface area (Å²) in [5, 5.41) is 0. The molecule has 0 aromatic carbocycles. The first-order valence-corrected chi connectivity index (χ1v) is 30.6. The lowest BCUT2D eigenvalue weighted by atomic mass is 10.1. The van der Waals surface area contributed by atoms with Crippen molar-refractivity contribution in [1.29, 1.82) is 0 Å². The fourth-order valence-corrected chi connectivity index (χ4v) is 7.31. The van der Waals surface area contributed by atoms with E-state index in [9.17, 15) is 14.4 Å². The maximum Gasteiger partial charge on any atom is 0.306 e. The zero-order chi connectivity index (χ0) is 57.1. The smallest absolute Gasteiger partial charge is 0.306 e. The molecule has 0 radical (unpaired) electrons. The number of hydrogen-bond acceptors (Lipinski definition) is 6. The van der Waals surface area contributed by atoms with Crippen molar-refractivity contribution < 1.29 is 28.6 Å². The van der Waals surface area contributed by atoms with Crippen LogP contribution in [0.15, 0.2) is 207 Å². The van der Waals surface area contributed by atoms with E-state index in [0.717, 1.165) is 161 Å². The summed E-state index contributed by atoms with van der Waals surface area (Å²) in [4.78, 5) is 38.3.